The molecule has 0 bridgehead atoms. The van der Waals surface area contributed by atoms with Gasteiger partial charge in [-0.25, -0.2) is 4.68 Å². The van der Waals surface area contributed by atoms with E-state index < -0.39 is 0 Å². The van der Waals surface area contributed by atoms with Crippen molar-refractivity contribution >= 4 is 11.5 Å². The predicted octanol–water partition coefficient (Wildman–Crippen LogP) is 1.92. The highest BCUT2D eigenvalue weighted by Crippen LogP contribution is 2.06. The van der Waals surface area contributed by atoms with Gasteiger partial charge >= 0.3 is 0 Å². The highest BCUT2D eigenvalue weighted by atomic mass is 16.1. The van der Waals surface area contributed by atoms with E-state index in [9.17, 15) is 4.79 Å². The lowest BCUT2D eigenvalue weighted by Crippen LogP contribution is -2.08. The number of Topliss-reactive ketones (excluding diaryl/α,β-unsaturated/α-hetero) is 1. The summed E-state index contributed by atoms with van der Waals surface area (Å²) in [6.45, 7) is 7.17. The molecule has 0 fully saturated rings. The zero-order valence-corrected chi connectivity index (χ0v) is 8.46. The van der Waals surface area contributed by atoms with Crippen LogP contribution < -0.4 is 0 Å². The molecule has 0 spiro atoms. The van der Waals surface area contributed by atoms with Crippen molar-refractivity contribution < 1.29 is 4.79 Å². The predicted molar refractivity (Wildman–Crippen MR) is 53.1 cm³/mol. The van der Waals surface area contributed by atoms with Gasteiger partial charge in [-0.05, 0) is 32.9 Å². The Morgan fingerprint density at radius 3 is 2.08 bits per heavy atom. The van der Waals surface area contributed by atoms with Crippen LogP contribution in [0.5, 0.6) is 0 Å². The third-order valence-corrected chi connectivity index (χ3v) is 1.99. The van der Waals surface area contributed by atoms with E-state index in [4.69, 9.17) is 0 Å². The molecule has 0 radical (unpaired) electrons. The molecular formula is C10H14N2O. The maximum absolute atomic E-state index is 10.9. The van der Waals surface area contributed by atoms with Gasteiger partial charge in [-0.1, -0.05) is 0 Å². The third-order valence-electron chi connectivity index (χ3n) is 1.99. The van der Waals surface area contributed by atoms with Crippen LogP contribution in [0.2, 0.25) is 0 Å². The summed E-state index contributed by atoms with van der Waals surface area (Å²) < 4.78 is 1.77. The molecule has 0 saturated heterocycles. The number of hydrogen-bond acceptors (Lipinski definition) is 2. The lowest BCUT2D eigenvalue weighted by molar-refractivity contribution is -0.111. The monoisotopic (exact) mass is 178 g/mol. The van der Waals surface area contributed by atoms with Crippen LogP contribution in [0.4, 0.5) is 0 Å². The third kappa shape index (κ3) is 2.05. The summed E-state index contributed by atoms with van der Waals surface area (Å²) in [5, 5.41) is 4.20. The Morgan fingerprint density at radius 1 is 1.23 bits per heavy atom. The zero-order chi connectivity index (χ0) is 10.0. The Morgan fingerprint density at radius 2 is 1.69 bits per heavy atom. The van der Waals surface area contributed by atoms with Crippen LogP contribution in [-0.2, 0) is 4.79 Å². The molecule has 0 N–H and O–H groups in total. The van der Waals surface area contributed by atoms with Gasteiger partial charge < -0.3 is 0 Å². The molecule has 0 saturated carbocycles. The number of aromatic nitrogens is 1. The minimum Gasteiger partial charge on any atom is -0.293 e. The van der Waals surface area contributed by atoms with E-state index in [-0.39, 0.29) is 5.78 Å². The van der Waals surface area contributed by atoms with Gasteiger partial charge in [-0.3, -0.25) is 4.79 Å². The summed E-state index contributed by atoms with van der Waals surface area (Å²) in [6.07, 6.45) is 0. The van der Waals surface area contributed by atoms with E-state index in [0.717, 1.165) is 11.4 Å². The summed E-state index contributed by atoms with van der Waals surface area (Å²) in [4.78, 5) is 10.9. The van der Waals surface area contributed by atoms with Crippen molar-refractivity contribution in [3.8, 4) is 0 Å². The molecule has 0 aromatic carbocycles. The molecule has 0 atom stereocenters. The molecule has 0 aliphatic rings. The zero-order valence-electron chi connectivity index (χ0n) is 8.46. The number of nitrogens with zero attached hydrogens (tertiary/aromatic N) is 2. The quantitative estimate of drug-likeness (QED) is 0.637. The standard InChI is InChI=1S/C10H14N2O/c1-7-5-6-8(2)12(7)11-9(3)10(4)13/h5-6H,1-4H3/b11-9+. The lowest BCUT2D eigenvalue weighted by Gasteiger charge is -2.02. The molecule has 1 aromatic heterocycles. The molecule has 0 aliphatic carbocycles. The van der Waals surface area contributed by atoms with Crippen molar-refractivity contribution in [3.63, 3.8) is 0 Å². The minimum atomic E-state index is 0.00694. The Balaban J connectivity index is 3.10. The summed E-state index contributed by atoms with van der Waals surface area (Å²) >= 11 is 0. The van der Waals surface area contributed by atoms with E-state index in [1.54, 1.807) is 11.6 Å². The van der Waals surface area contributed by atoms with Gasteiger partial charge in [-0.2, -0.15) is 5.10 Å². The van der Waals surface area contributed by atoms with Crippen molar-refractivity contribution in [1.29, 1.82) is 0 Å². The molecule has 70 valence electrons. The number of ketones is 1. The van der Waals surface area contributed by atoms with Crippen LogP contribution >= 0.6 is 0 Å². The average molecular weight is 178 g/mol. The topological polar surface area (TPSA) is 34.4 Å². The second-order valence-corrected chi connectivity index (χ2v) is 3.17. The van der Waals surface area contributed by atoms with Gasteiger partial charge in [0.05, 0.1) is 0 Å². The van der Waals surface area contributed by atoms with E-state index >= 15 is 0 Å². The minimum absolute atomic E-state index is 0.00694. The lowest BCUT2D eigenvalue weighted by atomic mass is 10.3. The molecule has 13 heavy (non-hydrogen) atoms. The summed E-state index contributed by atoms with van der Waals surface area (Å²) in [6, 6.07) is 3.96. The number of hydrogen-bond donors (Lipinski definition) is 0. The fraction of sp³-hybridized carbons (Fsp3) is 0.400. The highest BCUT2D eigenvalue weighted by molar-refractivity contribution is 6.37. The second-order valence-electron chi connectivity index (χ2n) is 3.17. The second kappa shape index (κ2) is 3.56. The molecule has 0 amide bonds. The maximum Gasteiger partial charge on any atom is 0.175 e. The van der Waals surface area contributed by atoms with E-state index in [1.807, 2.05) is 26.0 Å². The van der Waals surface area contributed by atoms with Crippen LogP contribution in [0.1, 0.15) is 25.2 Å². The number of rotatable bonds is 2. The maximum atomic E-state index is 10.9. The van der Waals surface area contributed by atoms with Gasteiger partial charge in [0.2, 0.25) is 0 Å². The van der Waals surface area contributed by atoms with Gasteiger partial charge in [0, 0.05) is 18.3 Å². The smallest absolute Gasteiger partial charge is 0.175 e. The van der Waals surface area contributed by atoms with Gasteiger partial charge in [0.1, 0.15) is 5.71 Å². The van der Waals surface area contributed by atoms with Gasteiger partial charge in [0.15, 0.2) is 5.78 Å². The normalized spacial score (nSPS) is 11.8. The summed E-state index contributed by atoms with van der Waals surface area (Å²) in [5.74, 6) is 0.00694. The Kier molecular flexibility index (Phi) is 2.66. The van der Waals surface area contributed by atoms with E-state index in [1.165, 1.54) is 6.92 Å². The Bertz CT molecular complexity index is 342. The van der Waals surface area contributed by atoms with Crippen LogP contribution in [0.25, 0.3) is 0 Å². The van der Waals surface area contributed by atoms with Crippen LogP contribution in [0.15, 0.2) is 17.2 Å². The van der Waals surface area contributed by atoms with Gasteiger partial charge in [0.25, 0.3) is 0 Å². The van der Waals surface area contributed by atoms with Crippen molar-refractivity contribution in [2.24, 2.45) is 5.10 Å². The van der Waals surface area contributed by atoms with Gasteiger partial charge in [-0.15, -0.1) is 0 Å². The first-order chi connectivity index (χ1) is 6.02. The first-order valence-corrected chi connectivity index (χ1v) is 4.24. The number of aryl methyl sites for hydroxylation is 2. The Hall–Kier alpha value is -1.38. The highest BCUT2D eigenvalue weighted by Gasteiger charge is 2.02. The van der Waals surface area contributed by atoms with Crippen molar-refractivity contribution in [3.05, 3.63) is 23.5 Å². The fourth-order valence-electron chi connectivity index (χ4n) is 1.04. The summed E-state index contributed by atoms with van der Waals surface area (Å²) in [5.41, 5.74) is 2.61. The van der Waals surface area contributed by atoms with E-state index in [2.05, 4.69) is 5.10 Å². The number of carbonyl (C=O) groups excluding carboxylic acids is 1. The van der Waals surface area contributed by atoms with Crippen molar-refractivity contribution in [1.82, 2.24) is 4.68 Å². The fourth-order valence-corrected chi connectivity index (χ4v) is 1.04. The SMILES string of the molecule is CC(=O)/C(C)=N/n1c(C)ccc1C. The largest absolute Gasteiger partial charge is 0.293 e. The molecule has 0 unspecified atom stereocenters. The molecule has 1 rings (SSSR count). The van der Waals surface area contributed by atoms with Crippen LogP contribution in [0, 0.1) is 13.8 Å². The van der Waals surface area contributed by atoms with E-state index in [0.29, 0.717) is 5.71 Å². The molecule has 3 nitrogen and oxygen atoms in total. The first kappa shape index (κ1) is 9.71. The summed E-state index contributed by atoms with van der Waals surface area (Å²) in [7, 11) is 0. The van der Waals surface area contributed by atoms with Crippen molar-refractivity contribution in [2.75, 3.05) is 0 Å². The number of carbonyl (C=O) groups is 1. The van der Waals surface area contributed by atoms with Crippen molar-refractivity contribution in [2.45, 2.75) is 27.7 Å². The Labute approximate surface area is 78.1 Å². The van der Waals surface area contributed by atoms with Crippen LogP contribution in [-0.4, -0.2) is 16.2 Å². The van der Waals surface area contributed by atoms with Crippen LogP contribution in [0.3, 0.4) is 0 Å². The molecule has 3 heteroatoms. The molecular weight excluding hydrogens is 164 g/mol. The molecule has 1 heterocycles. The molecule has 0 aliphatic heterocycles. The first-order valence-electron chi connectivity index (χ1n) is 4.24. The average Bonchev–Trinajstić information content (AvgIpc) is 2.35. The molecule has 1 aromatic rings.